The monoisotopic (exact) mass is 612 g/mol. The lowest BCUT2D eigenvalue weighted by Crippen LogP contribution is -2.49. The van der Waals surface area contributed by atoms with Gasteiger partial charge in [0.15, 0.2) is 11.6 Å². The van der Waals surface area contributed by atoms with Crippen molar-refractivity contribution in [1.82, 2.24) is 4.98 Å². The number of aromatic nitrogens is 1. The number of rotatable bonds is 12. The van der Waals surface area contributed by atoms with Crippen LogP contribution in [-0.4, -0.2) is 69.2 Å². The van der Waals surface area contributed by atoms with Crippen LogP contribution in [0, 0.1) is 17.7 Å². The van der Waals surface area contributed by atoms with Crippen molar-refractivity contribution in [2.75, 3.05) is 46.0 Å². The predicted octanol–water partition coefficient (Wildman–Crippen LogP) is 5.64. The molecule has 0 unspecified atom stereocenters. The average Bonchev–Trinajstić information content (AvgIpc) is 2.97. The number of methoxy groups -OCH3 is 3. The van der Waals surface area contributed by atoms with Crippen molar-refractivity contribution in [2.24, 2.45) is 11.8 Å². The van der Waals surface area contributed by atoms with Crippen LogP contribution in [0.4, 0.5) is 23.2 Å². The number of halogens is 4. The Morgan fingerprint density at radius 3 is 2.26 bits per heavy atom. The van der Waals surface area contributed by atoms with E-state index in [9.17, 15) is 27.9 Å². The van der Waals surface area contributed by atoms with Crippen molar-refractivity contribution in [3.8, 4) is 11.6 Å². The molecule has 0 bridgehead atoms. The second-order valence-electron chi connectivity index (χ2n) is 10.5. The zero-order valence-corrected chi connectivity index (χ0v) is 24.5. The van der Waals surface area contributed by atoms with Crippen LogP contribution in [-0.2, 0) is 25.2 Å². The molecule has 2 aromatic rings. The van der Waals surface area contributed by atoms with Crippen LogP contribution in [0.2, 0.25) is 0 Å². The lowest BCUT2D eigenvalue weighted by molar-refractivity contribution is -0.139. The van der Waals surface area contributed by atoms with Gasteiger partial charge in [0.1, 0.15) is 5.56 Å². The molecule has 1 heterocycles. The smallest absolute Gasteiger partial charge is 0.421 e. The SMILES string of the molecule is C=C(CO)c1cnc(Oc2cc(C(=O)OC)c(N(C(=O)C3CCC(C)CC3)C(COC)COC)cc2F)c(C(F)(F)F)c1. The largest absolute Gasteiger partial charge is 0.465 e. The zero-order valence-electron chi connectivity index (χ0n) is 24.5. The number of hydrogen-bond donors (Lipinski definition) is 1. The fourth-order valence-corrected chi connectivity index (χ4v) is 5.00. The highest BCUT2D eigenvalue weighted by atomic mass is 19.4. The molecular formula is C30H36F4N2O7. The van der Waals surface area contributed by atoms with E-state index in [1.807, 2.05) is 0 Å². The molecular weight excluding hydrogens is 576 g/mol. The molecule has 236 valence electrons. The first kappa shape index (κ1) is 33.9. The highest BCUT2D eigenvalue weighted by Gasteiger charge is 2.38. The van der Waals surface area contributed by atoms with Crippen LogP contribution < -0.4 is 9.64 Å². The Balaban J connectivity index is 2.16. The summed E-state index contributed by atoms with van der Waals surface area (Å²) >= 11 is 0. The third kappa shape index (κ3) is 8.09. The summed E-state index contributed by atoms with van der Waals surface area (Å²) in [5.74, 6) is -4.24. The van der Waals surface area contributed by atoms with Crippen LogP contribution in [0.3, 0.4) is 0 Å². The van der Waals surface area contributed by atoms with E-state index in [1.165, 1.54) is 19.1 Å². The zero-order chi connectivity index (χ0) is 31.9. The molecule has 0 aliphatic heterocycles. The molecule has 13 heteroatoms. The van der Waals surface area contributed by atoms with Crippen LogP contribution in [0.5, 0.6) is 11.6 Å². The van der Waals surface area contributed by atoms with E-state index >= 15 is 4.39 Å². The Morgan fingerprint density at radius 2 is 1.72 bits per heavy atom. The van der Waals surface area contributed by atoms with Gasteiger partial charge in [0.25, 0.3) is 0 Å². The minimum absolute atomic E-state index is 0.0203. The van der Waals surface area contributed by atoms with Gasteiger partial charge in [-0.25, -0.2) is 14.2 Å². The normalized spacial score (nSPS) is 17.1. The summed E-state index contributed by atoms with van der Waals surface area (Å²) in [6.45, 7) is 4.93. The van der Waals surface area contributed by atoms with Gasteiger partial charge in [0.2, 0.25) is 11.8 Å². The fraction of sp³-hybridized carbons (Fsp3) is 0.500. The van der Waals surface area contributed by atoms with Gasteiger partial charge in [0.05, 0.1) is 44.2 Å². The molecule has 3 rings (SSSR count). The van der Waals surface area contributed by atoms with Crippen molar-refractivity contribution in [2.45, 2.75) is 44.8 Å². The number of hydrogen-bond acceptors (Lipinski definition) is 8. The van der Waals surface area contributed by atoms with E-state index in [2.05, 4.69) is 18.5 Å². The minimum atomic E-state index is -4.97. The summed E-state index contributed by atoms with van der Waals surface area (Å²) in [6, 6.07) is 1.61. The van der Waals surface area contributed by atoms with Crippen LogP contribution in [0.25, 0.3) is 5.57 Å². The molecule has 0 spiro atoms. The Bertz CT molecular complexity index is 1300. The van der Waals surface area contributed by atoms with Crippen molar-refractivity contribution < 1.29 is 51.2 Å². The number of benzene rings is 1. The van der Waals surface area contributed by atoms with Crippen LogP contribution in [0.1, 0.15) is 54.1 Å². The molecule has 1 amide bonds. The van der Waals surface area contributed by atoms with Gasteiger partial charge < -0.3 is 29.0 Å². The van der Waals surface area contributed by atoms with E-state index in [0.29, 0.717) is 24.8 Å². The Morgan fingerprint density at radius 1 is 1.09 bits per heavy atom. The topological polar surface area (TPSA) is 107 Å². The average molecular weight is 613 g/mol. The quantitative estimate of drug-likeness (QED) is 0.242. The number of carbonyl (C=O) groups excluding carboxylic acids is 2. The molecule has 1 fully saturated rings. The molecule has 1 aromatic heterocycles. The van der Waals surface area contributed by atoms with E-state index in [0.717, 1.165) is 38.3 Å². The molecule has 1 aromatic carbocycles. The number of esters is 1. The number of alkyl halides is 3. The van der Waals surface area contributed by atoms with E-state index < -0.39 is 53.7 Å². The summed E-state index contributed by atoms with van der Waals surface area (Å²) in [5, 5.41) is 9.26. The third-order valence-corrected chi connectivity index (χ3v) is 7.36. The van der Waals surface area contributed by atoms with Gasteiger partial charge in [-0.1, -0.05) is 13.5 Å². The minimum Gasteiger partial charge on any atom is -0.465 e. The number of ether oxygens (including phenoxy) is 4. The van der Waals surface area contributed by atoms with E-state index in [1.54, 1.807) is 0 Å². The molecule has 1 aliphatic rings. The maximum absolute atomic E-state index is 15.7. The lowest BCUT2D eigenvalue weighted by Gasteiger charge is -2.36. The molecule has 1 saturated carbocycles. The van der Waals surface area contributed by atoms with Gasteiger partial charge in [0, 0.05) is 38.5 Å². The standard InChI is InChI=1S/C30H36F4N2O7/c1-17-6-8-19(9-7-17)28(38)36(21(15-40-3)16-41-4)25-12-24(31)26(11-22(25)29(39)42-5)43-27-23(30(32,33)34)10-20(13-35-27)18(2)14-37/h10-13,17,19,21,37H,2,6-9,14-16H2,1,3-5H3. The fourth-order valence-electron chi connectivity index (χ4n) is 5.00. The lowest BCUT2D eigenvalue weighted by atomic mass is 9.82. The van der Waals surface area contributed by atoms with Crippen molar-refractivity contribution in [1.29, 1.82) is 0 Å². The van der Waals surface area contributed by atoms with Gasteiger partial charge >= 0.3 is 12.1 Å². The number of nitrogens with zero attached hydrogens (tertiary/aromatic N) is 2. The predicted molar refractivity (Wildman–Crippen MR) is 149 cm³/mol. The van der Waals surface area contributed by atoms with Crippen LogP contribution >= 0.6 is 0 Å². The first-order valence-corrected chi connectivity index (χ1v) is 13.6. The number of amides is 1. The number of carbonyl (C=O) groups is 2. The molecule has 0 saturated heterocycles. The highest BCUT2D eigenvalue weighted by Crippen LogP contribution is 2.41. The van der Waals surface area contributed by atoms with Crippen LogP contribution in [0.15, 0.2) is 31.0 Å². The summed E-state index contributed by atoms with van der Waals surface area (Å²) < 4.78 is 78.2. The first-order chi connectivity index (χ1) is 20.4. The Labute approximate surface area is 247 Å². The van der Waals surface area contributed by atoms with Gasteiger partial charge in [-0.3, -0.25) is 4.79 Å². The summed E-state index contributed by atoms with van der Waals surface area (Å²) in [5.41, 5.74) is -1.97. The molecule has 43 heavy (non-hydrogen) atoms. The number of anilines is 1. The maximum Gasteiger partial charge on any atom is 0.421 e. The molecule has 1 N–H and O–H groups in total. The van der Waals surface area contributed by atoms with Crippen molar-refractivity contribution in [3.63, 3.8) is 0 Å². The van der Waals surface area contributed by atoms with E-state index in [4.69, 9.17) is 18.9 Å². The van der Waals surface area contributed by atoms with E-state index in [-0.39, 0.29) is 41.5 Å². The van der Waals surface area contributed by atoms with Gasteiger partial charge in [-0.2, -0.15) is 13.2 Å². The summed E-state index contributed by atoms with van der Waals surface area (Å²) in [6.07, 6.45) is -1.18. The van der Waals surface area contributed by atoms with Crippen molar-refractivity contribution >= 4 is 23.1 Å². The van der Waals surface area contributed by atoms with Gasteiger partial charge in [-0.15, -0.1) is 0 Å². The third-order valence-electron chi connectivity index (χ3n) is 7.36. The number of aliphatic hydroxyl groups is 1. The number of pyridine rings is 1. The highest BCUT2D eigenvalue weighted by molar-refractivity contribution is 6.04. The molecule has 1 aliphatic carbocycles. The summed E-state index contributed by atoms with van der Waals surface area (Å²) in [4.78, 5) is 31.9. The van der Waals surface area contributed by atoms with Gasteiger partial charge in [-0.05, 0) is 48.8 Å². The second kappa shape index (κ2) is 14.8. The molecule has 0 atom stereocenters. The Kier molecular flexibility index (Phi) is 11.7. The maximum atomic E-state index is 15.7. The second-order valence-corrected chi connectivity index (χ2v) is 10.5. The van der Waals surface area contributed by atoms with Crippen molar-refractivity contribution in [3.05, 3.63) is 53.5 Å². The number of aliphatic hydroxyl groups excluding tert-OH is 1. The Hall–Kier alpha value is -3.55. The first-order valence-electron chi connectivity index (χ1n) is 13.6. The molecule has 9 nitrogen and oxygen atoms in total. The molecule has 0 radical (unpaired) electrons. The summed E-state index contributed by atoms with van der Waals surface area (Å²) in [7, 11) is 3.90.